The molecule has 2 rings (SSSR count). The zero-order valence-corrected chi connectivity index (χ0v) is 15.7. The first-order chi connectivity index (χ1) is 10.2. The van der Waals surface area contributed by atoms with E-state index >= 15 is 0 Å². The first kappa shape index (κ1) is 17.6. The minimum absolute atomic E-state index is 0.218. The van der Waals surface area contributed by atoms with Crippen molar-refractivity contribution < 1.29 is 4.74 Å². The number of hydrogen-bond acceptors (Lipinski definition) is 2. The fourth-order valence-electron chi connectivity index (χ4n) is 2.76. The Morgan fingerprint density at radius 1 is 1.00 bits per heavy atom. The third-order valence-corrected chi connectivity index (χ3v) is 6.34. The molecule has 0 bridgehead atoms. The monoisotopic (exact) mass is 318 g/mol. The number of benzene rings is 1. The summed E-state index contributed by atoms with van der Waals surface area (Å²) in [6.45, 7) is 15.5. The van der Waals surface area contributed by atoms with Gasteiger partial charge >= 0.3 is 0 Å². The summed E-state index contributed by atoms with van der Waals surface area (Å²) in [6.07, 6.45) is 1.16. The van der Waals surface area contributed by atoms with Crippen LogP contribution >= 0.6 is 11.8 Å². The maximum absolute atomic E-state index is 6.02. The van der Waals surface area contributed by atoms with Crippen molar-refractivity contribution in [1.29, 1.82) is 0 Å². The second-order valence-corrected chi connectivity index (χ2v) is 9.55. The predicted molar refractivity (Wildman–Crippen MR) is 98.0 cm³/mol. The maximum atomic E-state index is 6.02. The van der Waals surface area contributed by atoms with E-state index in [0.717, 1.165) is 13.0 Å². The number of allylic oxidation sites excluding steroid dienone is 1. The highest BCUT2D eigenvalue weighted by atomic mass is 32.2. The molecule has 0 aliphatic carbocycles. The van der Waals surface area contributed by atoms with Crippen LogP contribution in [0.3, 0.4) is 0 Å². The summed E-state index contributed by atoms with van der Waals surface area (Å²) < 4.78 is 6.02. The zero-order chi connectivity index (χ0) is 16.4. The van der Waals surface area contributed by atoms with Crippen molar-refractivity contribution in [3.05, 3.63) is 46.4 Å². The van der Waals surface area contributed by atoms with Gasteiger partial charge in [-0.3, -0.25) is 0 Å². The van der Waals surface area contributed by atoms with Crippen molar-refractivity contribution in [3.63, 3.8) is 0 Å². The molecule has 0 saturated heterocycles. The Balaban J connectivity index is 2.02. The van der Waals surface area contributed by atoms with E-state index in [1.165, 1.54) is 11.1 Å². The molecule has 0 aromatic heterocycles. The van der Waals surface area contributed by atoms with Gasteiger partial charge in [0.05, 0.1) is 13.2 Å². The van der Waals surface area contributed by atoms with E-state index in [1.54, 1.807) is 4.91 Å². The molecule has 1 unspecified atom stereocenters. The van der Waals surface area contributed by atoms with Crippen LogP contribution in [0.4, 0.5) is 0 Å². The smallest absolute Gasteiger partial charge is 0.0721 e. The molecule has 0 saturated carbocycles. The van der Waals surface area contributed by atoms with Crippen LogP contribution in [0.5, 0.6) is 0 Å². The summed E-state index contributed by atoms with van der Waals surface area (Å²) in [6, 6.07) is 10.4. The molecular weight excluding hydrogens is 288 g/mol. The Morgan fingerprint density at radius 3 is 2.18 bits per heavy atom. The molecule has 0 radical (unpaired) electrons. The van der Waals surface area contributed by atoms with Gasteiger partial charge in [0.25, 0.3) is 0 Å². The standard InChI is InChI=1S/C20H30OS/c1-19(2,3)17-12-16(18(22-17)20(4,5)6)14-21-13-15-10-8-7-9-11-15/h7-11,17H,12-14H2,1-6H3. The molecule has 1 aliphatic rings. The molecule has 1 aromatic carbocycles. The molecule has 122 valence electrons. The van der Waals surface area contributed by atoms with Gasteiger partial charge in [0.1, 0.15) is 0 Å². The highest BCUT2D eigenvalue weighted by Crippen LogP contribution is 2.52. The Bertz CT molecular complexity index is 517. The van der Waals surface area contributed by atoms with E-state index in [9.17, 15) is 0 Å². The van der Waals surface area contributed by atoms with Gasteiger partial charge in [0, 0.05) is 5.25 Å². The summed E-state index contributed by atoms with van der Waals surface area (Å²) in [7, 11) is 0. The van der Waals surface area contributed by atoms with Crippen LogP contribution in [-0.2, 0) is 11.3 Å². The number of thioether (sulfide) groups is 1. The lowest BCUT2D eigenvalue weighted by Crippen LogP contribution is -2.21. The molecule has 1 aliphatic heterocycles. The van der Waals surface area contributed by atoms with E-state index in [2.05, 4.69) is 77.6 Å². The Morgan fingerprint density at radius 2 is 1.64 bits per heavy atom. The third-order valence-electron chi connectivity index (χ3n) is 4.05. The molecule has 0 spiro atoms. The van der Waals surface area contributed by atoms with Gasteiger partial charge in [-0.1, -0.05) is 71.9 Å². The first-order valence-electron chi connectivity index (χ1n) is 8.19. The van der Waals surface area contributed by atoms with Crippen molar-refractivity contribution in [2.75, 3.05) is 6.61 Å². The minimum atomic E-state index is 0.218. The molecule has 0 fully saturated rings. The molecule has 2 heteroatoms. The maximum Gasteiger partial charge on any atom is 0.0721 e. The number of hydrogen-bond donors (Lipinski definition) is 0. The van der Waals surface area contributed by atoms with E-state index in [0.29, 0.717) is 17.3 Å². The quantitative estimate of drug-likeness (QED) is 0.668. The predicted octanol–water partition coefficient (Wildman–Crippen LogP) is 6.06. The zero-order valence-electron chi connectivity index (χ0n) is 14.9. The van der Waals surface area contributed by atoms with Crippen LogP contribution in [0.25, 0.3) is 0 Å². The summed E-state index contributed by atoms with van der Waals surface area (Å²) in [5, 5.41) is 0.664. The summed E-state index contributed by atoms with van der Waals surface area (Å²) >= 11 is 2.08. The molecule has 1 heterocycles. The van der Waals surface area contributed by atoms with Gasteiger partial charge in [0.15, 0.2) is 0 Å². The average Bonchev–Trinajstić information content (AvgIpc) is 2.84. The van der Waals surface area contributed by atoms with Crippen molar-refractivity contribution in [1.82, 2.24) is 0 Å². The lowest BCUT2D eigenvalue weighted by Gasteiger charge is -2.28. The molecule has 1 atom stereocenters. The fraction of sp³-hybridized carbons (Fsp3) is 0.600. The SMILES string of the molecule is CC(C)(C)C1=C(COCc2ccccc2)CC(C(C)(C)C)S1. The van der Waals surface area contributed by atoms with Crippen molar-refractivity contribution in [3.8, 4) is 0 Å². The largest absolute Gasteiger partial charge is 0.372 e. The summed E-state index contributed by atoms with van der Waals surface area (Å²) in [5.74, 6) is 0. The third kappa shape index (κ3) is 4.63. The van der Waals surface area contributed by atoms with Crippen molar-refractivity contribution >= 4 is 11.8 Å². The number of ether oxygens (including phenoxy) is 1. The van der Waals surface area contributed by atoms with Crippen LogP contribution < -0.4 is 0 Å². The van der Waals surface area contributed by atoms with Crippen LogP contribution in [0.2, 0.25) is 0 Å². The van der Waals surface area contributed by atoms with Gasteiger partial charge in [-0.25, -0.2) is 0 Å². The Hall–Kier alpha value is -0.730. The van der Waals surface area contributed by atoms with E-state index < -0.39 is 0 Å². The lowest BCUT2D eigenvalue weighted by molar-refractivity contribution is 0.139. The minimum Gasteiger partial charge on any atom is -0.372 e. The van der Waals surface area contributed by atoms with Gasteiger partial charge in [-0.05, 0) is 33.3 Å². The highest BCUT2D eigenvalue weighted by molar-refractivity contribution is 8.04. The number of rotatable bonds is 4. The first-order valence-corrected chi connectivity index (χ1v) is 9.07. The summed E-state index contributed by atoms with van der Waals surface area (Å²) in [4.78, 5) is 1.54. The van der Waals surface area contributed by atoms with Crippen LogP contribution in [0, 0.1) is 10.8 Å². The second kappa shape index (κ2) is 6.80. The van der Waals surface area contributed by atoms with Gasteiger partial charge in [-0.15, -0.1) is 11.8 Å². The Kier molecular flexibility index (Phi) is 5.45. The summed E-state index contributed by atoms with van der Waals surface area (Å²) in [5.41, 5.74) is 3.31. The molecular formula is C20H30OS. The molecule has 0 N–H and O–H groups in total. The topological polar surface area (TPSA) is 9.23 Å². The van der Waals surface area contributed by atoms with Crippen LogP contribution in [0.15, 0.2) is 40.8 Å². The second-order valence-electron chi connectivity index (χ2n) is 8.34. The van der Waals surface area contributed by atoms with Crippen LogP contribution in [-0.4, -0.2) is 11.9 Å². The van der Waals surface area contributed by atoms with E-state index in [1.807, 2.05) is 6.07 Å². The average molecular weight is 319 g/mol. The molecule has 0 amide bonds. The molecule has 1 aromatic rings. The van der Waals surface area contributed by atoms with E-state index in [-0.39, 0.29) is 5.41 Å². The van der Waals surface area contributed by atoms with Crippen molar-refractivity contribution in [2.45, 2.75) is 59.8 Å². The van der Waals surface area contributed by atoms with Crippen LogP contribution in [0.1, 0.15) is 53.5 Å². The van der Waals surface area contributed by atoms with Crippen molar-refractivity contribution in [2.24, 2.45) is 10.8 Å². The molecule has 1 nitrogen and oxygen atoms in total. The fourth-order valence-corrected chi connectivity index (χ4v) is 4.35. The lowest BCUT2D eigenvalue weighted by atomic mass is 9.86. The Labute approximate surface area is 140 Å². The van der Waals surface area contributed by atoms with Gasteiger partial charge in [0.2, 0.25) is 0 Å². The molecule has 22 heavy (non-hydrogen) atoms. The van der Waals surface area contributed by atoms with Gasteiger partial charge < -0.3 is 4.74 Å². The normalized spacial score (nSPS) is 19.8. The van der Waals surface area contributed by atoms with Gasteiger partial charge in [-0.2, -0.15) is 0 Å². The van der Waals surface area contributed by atoms with E-state index in [4.69, 9.17) is 4.74 Å². The highest BCUT2D eigenvalue weighted by Gasteiger charge is 2.37.